The highest BCUT2D eigenvalue weighted by atomic mass is 35.5. The first-order chi connectivity index (χ1) is 9.60. The Labute approximate surface area is 125 Å². The first-order valence-electron chi connectivity index (χ1n) is 6.73. The molecule has 1 aromatic heterocycles. The summed E-state index contributed by atoms with van der Waals surface area (Å²) in [6.45, 7) is 10.2. The molecule has 1 fully saturated rings. The molecule has 1 aromatic rings. The molecule has 0 unspecified atom stereocenters. The fourth-order valence-electron chi connectivity index (χ4n) is 2.28. The Hall–Kier alpha value is -1.39. The average molecular weight is 294 g/mol. The Morgan fingerprint density at radius 3 is 2.85 bits per heavy atom. The second-order valence-electron chi connectivity index (χ2n) is 5.16. The predicted octanol–water partition coefficient (Wildman–Crippen LogP) is 3.34. The van der Waals surface area contributed by atoms with Crippen molar-refractivity contribution in [3.05, 3.63) is 24.4 Å². The van der Waals surface area contributed by atoms with Crippen LogP contribution in [0.1, 0.15) is 18.4 Å². The summed E-state index contributed by atoms with van der Waals surface area (Å²) >= 11 is 5.88. The summed E-state index contributed by atoms with van der Waals surface area (Å²) in [6.07, 6.45) is 3.96. The van der Waals surface area contributed by atoms with E-state index in [1.807, 2.05) is 0 Å². The molecule has 1 aliphatic rings. The van der Waals surface area contributed by atoms with Crippen molar-refractivity contribution in [2.75, 3.05) is 26.7 Å². The Bertz CT molecular complexity index is 496. The average Bonchev–Trinajstić information content (AvgIpc) is 2.46. The van der Waals surface area contributed by atoms with Crippen molar-refractivity contribution in [1.82, 2.24) is 9.88 Å². The fourth-order valence-corrected chi connectivity index (χ4v) is 2.42. The van der Waals surface area contributed by atoms with Gasteiger partial charge in [-0.05, 0) is 45.6 Å². The number of hydrogen-bond acceptors (Lipinski definition) is 4. The Morgan fingerprint density at radius 2 is 2.25 bits per heavy atom. The van der Waals surface area contributed by atoms with Crippen LogP contribution < -0.4 is 4.74 Å². The van der Waals surface area contributed by atoms with Gasteiger partial charge in [0.1, 0.15) is 0 Å². The molecular weight excluding hydrogens is 274 g/mol. The Balaban J connectivity index is 1.96. The van der Waals surface area contributed by atoms with Crippen molar-refractivity contribution in [2.45, 2.75) is 12.8 Å². The number of likely N-dealkylation sites (tertiary alicyclic amines) is 1. The molecule has 2 rings (SSSR count). The number of hydrogen-bond donors (Lipinski definition) is 0. The van der Waals surface area contributed by atoms with Gasteiger partial charge in [-0.2, -0.15) is 0 Å². The fraction of sp³-hybridized carbons (Fsp3) is 0.467. The zero-order valence-electron chi connectivity index (χ0n) is 11.8. The van der Waals surface area contributed by atoms with Crippen molar-refractivity contribution in [2.24, 2.45) is 10.9 Å². The number of nitrogens with zero attached hydrogens (tertiary/aromatic N) is 3. The summed E-state index contributed by atoms with van der Waals surface area (Å²) in [4.78, 5) is 10.5. The lowest BCUT2D eigenvalue weighted by Crippen LogP contribution is -2.32. The molecule has 0 radical (unpaired) electrons. The topological polar surface area (TPSA) is 37.7 Å². The van der Waals surface area contributed by atoms with E-state index in [4.69, 9.17) is 16.3 Å². The zero-order chi connectivity index (χ0) is 14.5. The summed E-state index contributed by atoms with van der Waals surface area (Å²) < 4.78 is 5.77. The molecule has 1 aliphatic heterocycles. The number of aliphatic imine (C=N–C) groups is 1. The second-order valence-corrected chi connectivity index (χ2v) is 5.62. The Morgan fingerprint density at radius 1 is 1.55 bits per heavy atom. The van der Waals surface area contributed by atoms with Crippen LogP contribution in [0, 0.1) is 5.92 Å². The molecule has 0 amide bonds. The van der Waals surface area contributed by atoms with Gasteiger partial charge in [-0.25, -0.2) is 4.98 Å². The van der Waals surface area contributed by atoms with E-state index >= 15 is 0 Å². The molecule has 1 saturated heterocycles. The summed E-state index contributed by atoms with van der Waals surface area (Å²) in [7, 11) is 2.15. The van der Waals surface area contributed by atoms with Crippen LogP contribution in [-0.2, 0) is 0 Å². The minimum absolute atomic E-state index is 0.404. The molecule has 0 bridgehead atoms. The van der Waals surface area contributed by atoms with Crippen LogP contribution in [0.2, 0.25) is 0 Å². The van der Waals surface area contributed by atoms with Crippen molar-refractivity contribution < 1.29 is 4.74 Å². The standard InChI is InChI=1S/C15H20ClN3O/c1-11(16)13-9-18-15(8-14(13)17-2)20-10-12-4-6-19(3)7-5-12/h8-9,12H,1-2,4-7,10H2,3H3. The van der Waals surface area contributed by atoms with Crippen molar-refractivity contribution in [3.8, 4) is 5.88 Å². The molecule has 4 nitrogen and oxygen atoms in total. The summed E-state index contributed by atoms with van der Waals surface area (Å²) in [5.74, 6) is 1.16. The molecule has 0 spiro atoms. The quantitative estimate of drug-likeness (QED) is 0.782. The lowest BCUT2D eigenvalue weighted by molar-refractivity contribution is 0.157. The van der Waals surface area contributed by atoms with Crippen molar-refractivity contribution >= 4 is 29.0 Å². The largest absolute Gasteiger partial charge is 0.477 e. The van der Waals surface area contributed by atoms with Crippen LogP contribution in [-0.4, -0.2) is 43.3 Å². The molecule has 108 valence electrons. The summed E-state index contributed by atoms with van der Waals surface area (Å²) in [5, 5.41) is 0.404. The third kappa shape index (κ3) is 3.81. The summed E-state index contributed by atoms with van der Waals surface area (Å²) in [5.41, 5.74) is 1.34. The normalized spacial score (nSPS) is 16.9. The van der Waals surface area contributed by atoms with Gasteiger partial charge in [-0.15, -0.1) is 0 Å². The van der Waals surface area contributed by atoms with Gasteiger partial charge in [0, 0.05) is 22.9 Å². The highest BCUT2D eigenvalue weighted by Crippen LogP contribution is 2.30. The maximum absolute atomic E-state index is 5.88. The third-order valence-electron chi connectivity index (χ3n) is 3.62. The van der Waals surface area contributed by atoms with E-state index in [0.29, 0.717) is 34.7 Å². The van der Waals surface area contributed by atoms with E-state index in [-0.39, 0.29) is 0 Å². The number of rotatable bonds is 5. The zero-order valence-corrected chi connectivity index (χ0v) is 12.6. The number of aromatic nitrogens is 1. The molecular formula is C15H20ClN3O. The van der Waals surface area contributed by atoms with Gasteiger partial charge in [0.2, 0.25) is 5.88 Å². The highest BCUT2D eigenvalue weighted by Gasteiger charge is 2.17. The lowest BCUT2D eigenvalue weighted by atomic mass is 9.98. The smallest absolute Gasteiger partial charge is 0.215 e. The SMILES string of the molecule is C=Nc1cc(OCC2CCN(C)CC2)ncc1C(=C)Cl. The third-order valence-corrected chi connectivity index (χ3v) is 3.83. The summed E-state index contributed by atoms with van der Waals surface area (Å²) in [6, 6.07) is 1.75. The minimum atomic E-state index is 0.404. The van der Waals surface area contributed by atoms with Crippen LogP contribution in [0.4, 0.5) is 5.69 Å². The van der Waals surface area contributed by atoms with Crippen LogP contribution in [0.3, 0.4) is 0 Å². The van der Waals surface area contributed by atoms with E-state index in [1.165, 1.54) is 12.8 Å². The maximum atomic E-state index is 5.88. The van der Waals surface area contributed by atoms with E-state index in [9.17, 15) is 0 Å². The van der Waals surface area contributed by atoms with Gasteiger partial charge in [-0.3, -0.25) is 4.99 Å². The van der Waals surface area contributed by atoms with Gasteiger partial charge < -0.3 is 9.64 Å². The van der Waals surface area contributed by atoms with E-state index in [2.05, 4.69) is 35.2 Å². The van der Waals surface area contributed by atoms with Crippen LogP contribution in [0.15, 0.2) is 23.8 Å². The van der Waals surface area contributed by atoms with Gasteiger partial charge in [-0.1, -0.05) is 18.2 Å². The lowest BCUT2D eigenvalue weighted by Gasteiger charge is -2.28. The number of pyridine rings is 1. The number of piperidine rings is 1. The molecule has 0 aromatic carbocycles. The van der Waals surface area contributed by atoms with Gasteiger partial charge in [0.15, 0.2) is 0 Å². The van der Waals surface area contributed by atoms with Crippen LogP contribution >= 0.6 is 11.6 Å². The van der Waals surface area contributed by atoms with E-state index < -0.39 is 0 Å². The molecule has 0 saturated carbocycles. The van der Waals surface area contributed by atoms with E-state index in [1.54, 1.807) is 12.3 Å². The van der Waals surface area contributed by atoms with Crippen molar-refractivity contribution in [3.63, 3.8) is 0 Å². The van der Waals surface area contributed by atoms with Crippen molar-refractivity contribution in [1.29, 1.82) is 0 Å². The van der Waals surface area contributed by atoms with E-state index in [0.717, 1.165) is 13.1 Å². The number of halogens is 1. The first kappa shape index (κ1) is 15.0. The first-order valence-corrected chi connectivity index (χ1v) is 7.11. The molecule has 20 heavy (non-hydrogen) atoms. The monoisotopic (exact) mass is 293 g/mol. The van der Waals surface area contributed by atoms with Gasteiger partial charge in [0.25, 0.3) is 0 Å². The number of ether oxygens (including phenoxy) is 1. The minimum Gasteiger partial charge on any atom is -0.477 e. The molecule has 5 heteroatoms. The molecule has 0 atom stereocenters. The van der Waals surface area contributed by atoms with Gasteiger partial charge >= 0.3 is 0 Å². The van der Waals surface area contributed by atoms with Crippen LogP contribution in [0.5, 0.6) is 5.88 Å². The van der Waals surface area contributed by atoms with Gasteiger partial charge in [0.05, 0.1) is 12.3 Å². The highest BCUT2D eigenvalue weighted by molar-refractivity contribution is 6.48. The maximum Gasteiger partial charge on any atom is 0.215 e. The predicted molar refractivity (Wildman–Crippen MR) is 84.0 cm³/mol. The molecule has 0 aliphatic carbocycles. The second kappa shape index (κ2) is 6.86. The molecule has 0 N–H and O–H groups in total. The Kier molecular flexibility index (Phi) is 5.15. The van der Waals surface area contributed by atoms with Crippen LogP contribution in [0.25, 0.3) is 5.03 Å². The molecule has 2 heterocycles.